The van der Waals surface area contributed by atoms with E-state index in [1.54, 1.807) is 0 Å². The van der Waals surface area contributed by atoms with Gasteiger partial charge in [0.25, 0.3) is 0 Å². The third-order valence-corrected chi connectivity index (χ3v) is 5.07. The number of rotatable bonds is 5. The van der Waals surface area contributed by atoms with Gasteiger partial charge in [-0.15, -0.1) is 0 Å². The summed E-state index contributed by atoms with van der Waals surface area (Å²) in [7, 11) is 0. The highest BCUT2D eigenvalue weighted by Crippen LogP contribution is 2.35. The summed E-state index contributed by atoms with van der Waals surface area (Å²) in [6.45, 7) is 6.56. The standard InChI is InChI=1S/C14H28N2S/c1-17-11-3-2-9-16-10-5-7-14(13-16)6-4-8-15-12-14/h15H,2-13H2,1H3. The molecule has 3 heteroatoms. The van der Waals surface area contributed by atoms with Crippen LogP contribution in [-0.2, 0) is 0 Å². The zero-order chi connectivity index (χ0) is 12.0. The molecule has 2 rings (SSSR count). The minimum atomic E-state index is 0.635. The predicted octanol–water partition coefficient (Wildman–Crippen LogP) is 2.60. The molecule has 0 aromatic rings. The lowest BCUT2D eigenvalue weighted by molar-refractivity contribution is 0.0639. The van der Waals surface area contributed by atoms with Gasteiger partial charge < -0.3 is 10.2 Å². The van der Waals surface area contributed by atoms with Crippen LogP contribution in [0.5, 0.6) is 0 Å². The Balaban J connectivity index is 1.72. The van der Waals surface area contributed by atoms with Crippen LogP contribution in [0.15, 0.2) is 0 Å². The number of nitrogens with zero attached hydrogens (tertiary/aromatic N) is 1. The van der Waals surface area contributed by atoms with Crippen LogP contribution in [0.2, 0.25) is 0 Å². The highest BCUT2D eigenvalue weighted by Gasteiger charge is 2.35. The van der Waals surface area contributed by atoms with Crippen LogP contribution in [-0.4, -0.2) is 49.6 Å². The molecule has 2 nitrogen and oxygen atoms in total. The molecule has 1 N–H and O–H groups in total. The molecular weight excluding hydrogens is 228 g/mol. The smallest absolute Gasteiger partial charge is 0.00502 e. The molecule has 2 aliphatic rings. The maximum absolute atomic E-state index is 3.61. The first-order valence-corrected chi connectivity index (χ1v) is 8.66. The molecule has 100 valence electrons. The van der Waals surface area contributed by atoms with Crippen LogP contribution in [0.3, 0.4) is 0 Å². The van der Waals surface area contributed by atoms with Crippen molar-refractivity contribution in [3.05, 3.63) is 0 Å². The van der Waals surface area contributed by atoms with Gasteiger partial charge in [0.15, 0.2) is 0 Å². The van der Waals surface area contributed by atoms with Crippen LogP contribution in [0.1, 0.15) is 38.5 Å². The predicted molar refractivity (Wildman–Crippen MR) is 77.8 cm³/mol. The molecule has 17 heavy (non-hydrogen) atoms. The van der Waals surface area contributed by atoms with Crippen molar-refractivity contribution in [3.8, 4) is 0 Å². The fourth-order valence-electron chi connectivity index (χ4n) is 3.46. The Kier molecular flexibility index (Phi) is 5.64. The summed E-state index contributed by atoms with van der Waals surface area (Å²) in [5.74, 6) is 1.33. The van der Waals surface area contributed by atoms with E-state index in [2.05, 4.69) is 16.5 Å². The minimum absolute atomic E-state index is 0.635. The van der Waals surface area contributed by atoms with E-state index in [0.717, 1.165) is 0 Å². The third kappa shape index (κ3) is 4.15. The Labute approximate surface area is 111 Å². The maximum Gasteiger partial charge on any atom is 0.00502 e. The SMILES string of the molecule is CSCCCCN1CCCC2(CCCNC2)C1. The van der Waals surface area contributed by atoms with Crippen LogP contribution in [0.4, 0.5) is 0 Å². The van der Waals surface area contributed by atoms with Gasteiger partial charge in [-0.1, -0.05) is 0 Å². The number of unbranched alkanes of at least 4 members (excludes halogenated alkanes) is 1. The summed E-state index contributed by atoms with van der Waals surface area (Å²) in [5.41, 5.74) is 0.635. The Morgan fingerprint density at radius 3 is 2.88 bits per heavy atom. The molecule has 0 aromatic carbocycles. The summed E-state index contributed by atoms with van der Waals surface area (Å²) >= 11 is 1.98. The fraction of sp³-hybridized carbons (Fsp3) is 1.00. The Morgan fingerprint density at radius 2 is 2.12 bits per heavy atom. The van der Waals surface area contributed by atoms with Crippen molar-refractivity contribution in [2.75, 3.05) is 44.7 Å². The van der Waals surface area contributed by atoms with Crippen LogP contribution in [0.25, 0.3) is 0 Å². The van der Waals surface area contributed by atoms with Crippen molar-refractivity contribution in [3.63, 3.8) is 0 Å². The van der Waals surface area contributed by atoms with Crippen LogP contribution in [0, 0.1) is 5.41 Å². The molecular formula is C14H28N2S. The first-order chi connectivity index (χ1) is 8.35. The molecule has 0 saturated carbocycles. The van der Waals surface area contributed by atoms with Gasteiger partial charge in [0.1, 0.15) is 0 Å². The van der Waals surface area contributed by atoms with Crippen LogP contribution >= 0.6 is 11.8 Å². The summed E-state index contributed by atoms with van der Waals surface area (Å²) in [6.07, 6.45) is 10.7. The fourth-order valence-corrected chi connectivity index (χ4v) is 3.95. The average molecular weight is 256 g/mol. The van der Waals surface area contributed by atoms with Gasteiger partial charge >= 0.3 is 0 Å². The molecule has 0 radical (unpaired) electrons. The van der Waals surface area contributed by atoms with Crippen molar-refractivity contribution in [1.82, 2.24) is 10.2 Å². The maximum atomic E-state index is 3.61. The van der Waals surface area contributed by atoms with E-state index >= 15 is 0 Å². The second-order valence-electron chi connectivity index (χ2n) is 5.86. The molecule has 2 heterocycles. The van der Waals surface area contributed by atoms with E-state index in [1.807, 2.05) is 11.8 Å². The lowest BCUT2D eigenvalue weighted by Gasteiger charge is -2.45. The largest absolute Gasteiger partial charge is 0.316 e. The van der Waals surface area contributed by atoms with Gasteiger partial charge in [-0.05, 0) is 75.6 Å². The average Bonchev–Trinajstić information content (AvgIpc) is 2.36. The van der Waals surface area contributed by atoms with Gasteiger partial charge in [0, 0.05) is 13.1 Å². The first-order valence-electron chi connectivity index (χ1n) is 7.27. The Bertz CT molecular complexity index is 209. The first kappa shape index (κ1) is 13.7. The molecule has 1 atom stereocenters. The van der Waals surface area contributed by atoms with Crippen molar-refractivity contribution >= 4 is 11.8 Å². The molecule has 0 aliphatic carbocycles. The second kappa shape index (κ2) is 7.01. The van der Waals surface area contributed by atoms with E-state index in [1.165, 1.54) is 77.0 Å². The zero-order valence-electron chi connectivity index (χ0n) is 11.3. The molecule has 0 amide bonds. The molecule has 1 unspecified atom stereocenters. The Hall–Kier alpha value is 0.270. The number of thioether (sulfide) groups is 1. The summed E-state index contributed by atoms with van der Waals surface area (Å²) in [6, 6.07) is 0. The van der Waals surface area contributed by atoms with Crippen molar-refractivity contribution in [2.24, 2.45) is 5.41 Å². The van der Waals surface area contributed by atoms with Crippen molar-refractivity contribution < 1.29 is 0 Å². The van der Waals surface area contributed by atoms with Gasteiger partial charge in [0.05, 0.1) is 0 Å². The second-order valence-corrected chi connectivity index (χ2v) is 6.85. The highest BCUT2D eigenvalue weighted by atomic mass is 32.2. The van der Waals surface area contributed by atoms with Crippen molar-refractivity contribution in [1.29, 1.82) is 0 Å². The molecule has 2 saturated heterocycles. The van der Waals surface area contributed by atoms with E-state index in [4.69, 9.17) is 0 Å². The van der Waals surface area contributed by atoms with Crippen molar-refractivity contribution in [2.45, 2.75) is 38.5 Å². The molecule has 2 fully saturated rings. The zero-order valence-corrected chi connectivity index (χ0v) is 12.2. The monoisotopic (exact) mass is 256 g/mol. The third-order valence-electron chi connectivity index (χ3n) is 4.37. The lowest BCUT2D eigenvalue weighted by Crippen LogP contribution is -2.51. The van der Waals surface area contributed by atoms with E-state index < -0.39 is 0 Å². The van der Waals surface area contributed by atoms with Gasteiger partial charge in [-0.3, -0.25) is 0 Å². The number of likely N-dealkylation sites (tertiary alicyclic amines) is 1. The molecule has 1 spiro atoms. The van der Waals surface area contributed by atoms with Gasteiger partial charge in [-0.25, -0.2) is 0 Å². The number of hydrogen-bond donors (Lipinski definition) is 1. The number of hydrogen-bond acceptors (Lipinski definition) is 3. The summed E-state index contributed by atoms with van der Waals surface area (Å²) in [5, 5.41) is 3.61. The quantitative estimate of drug-likeness (QED) is 0.761. The van der Waals surface area contributed by atoms with Crippen LogP contribution < -0.4 is 5.32 Å². The van der Waals surface area contributed by atoms with E-state index in [-0.39, 0.29) is 0 Å². The molecule has 0 aromatic heterocycles. The van der Waals surface area contributed by atoms with Gasteiger partial charge in [0.2, 0.25) is 0 Å². The highest BCUT2D eigenvalue weighted by molar-refractivity contribution is 7.98. The summed E-state index contributed by atoms with van der Waals surface area (Å²) in [4.78, 5) is 2.73. The number of piperidine rings is 2. The normalized spacial score (nSPS) is 30.9. The minimum Gasteiger partial charge on any atom is -0.316 e. The van der Waals surface area contributed by atoms with Gasteiger partial charge in [-0.2, -0.15) is 11.8 Å². The molecule has 0 bridgehead atoms. The lowest BCUT2D eigenvalue weighted by atomic mass is 9.74. The van der Waals surface area contributed by atoms with E-state index in [0.29, 0.717) is 5.41 Å². The topological polar surface area (TPSA) is 15.3 Å². The summed E-state index contributed by atoms with van der Waals surface area (Å²) < 4.78 is 0. The Morgan fingerprint density at radius 1 is 1.24 bits per heavy atom. The molecule has 2 aliphatic heterocycles. The van der Waals surface area contributed by atoms with E-state index in [9.17, 15) is 0 Å². The number of nitrogens with one attached hydrogen (secondary N) is 1.